The molecule has 0 aliphatic rings. The van der Waals surface area contributed by atoms with Crippen molar-refractivity contribution in [2.45, 2.75) is 12.8 Å². The number of nitrogens with one attached hydrogen (secondary N) is 1. The van der Waals surface area contributed by atoms with Gasteiger partial charge in [0.1, 0.15) is 0 Å². The zero-order chi connectivity index (χ0) is 19.0. The average Bonchev–Trinajstić information content (AvgIpc) is 2.60. The highest BCUT2D eigenvalue weighted by molar-refractivity contribution is 7.88. The van der Waals surface area contributed by atoms with Crippen LogP contribution in [0.2, 0.25) is 5.02 Å². The third-order valence-corrected chi connectivity index (χ3v) is 5.43. The number of halogens is 1. The van der Waals surface area contributed by atoms with E-state index in [9.17, 15) is 13.2 Å². The van der Waals surface area contributed by atoms with Crippen molar-refractivity contribution in [3.05, 3.63) is 70.7 Å². The number of nitrogens with zero attached hydrogens (tertiary/aromatic N) is 1. The Labute approximate surface area is 160 Å². The quantitative estimate of drug-likeness (QED) is 0.710. The molecular weight excluding hydrogens is 372 g/mol. The number of rotatable bonds is 9. The van der Waals surface area contributed by atoms with Crippen LogP contribution in [0.5, 0.6) is 0 Å². The molecule has 2 aromatic carbocycles. The fourth-order valence-corrected chi connectivity index (χ4v) is 3.37. The van der Waals surface area contributed by atoms with E-state index in [1.807, 2.05) is 42.5 Å². The normalized spacial score (nSPS) is 11.5. The van der Waals surface area contributed by atoms with Crippen molar-refractivity contribution in [1.82, 2.24) is 9.62 Å². The Bertz CT molecular complexity index is 808. The summed E-state index contributed by atoms with van der Waals surface area (Å²) >= 11 is 5.84. The molecule has 7 heteroatoms. The molecule has 0 unspecified atom stereocenters. The van der Waals surface area contributed by atoms with Gasteiger partial charge in [0.15, 0.2) is 0 Å². The van der Waals surface area contributed by atoms with Crippen LogP contribution >= 0.6 is 11.6 Å². The lowest BCUT2D eigenvalue weighted by molar-refractivity contribution is -0.121. The van der Waals surface area contributed by atoms with E-state index in [0.717, 1.165) is 17.4 Å². The Hall–Kier alpha value is -1.89. The number of hydrogen-bond donors (Lipinski definition) is 1. The molecule has 0 atom stereocenters. The summed E-state index contributed by atoms with van der Waals surface area (Å²) < 4.78 is 25.1. The second-order valence-electron chi connectivity index (χ2n) is 6.06. The van der Waals surface area contributed by atoms with Crippen LogP contribution in [-0.4, -0.2) is 44.5 Å². The van der Waals surface area contributed by atoms with Crippen molar-refractivity contribution >= 4 is 27.5 Å². The van der Waals surface area contributed by atoms with Gasteiger partial charge in [-0.25, -0.2) is 8.42 Å². The molecule has 0 radical (unpaired) electrons. The van der Waals surface area contributed by atoms with Gasteiger partial charge in [-0.1, -0.05) is 54.1 Å². The second-order valence-corrected chi connectivity index (χ2v) is 8.48. The molecule has 1 N–H and O–H groups in total. The first-order valence-electron chi connectivity index (χ1n) is 8.35. The summed E-state index contributed by atoms with van der Waals surface area (Å²) in [6.45, 7) is 0.538. The SMILES string of the molecule is CS(=O)(=O)N(CCc1ccccc1)CC(=O)NCCc1ccc(Cl)cc1. The number of hydrogen-bond acceptors (Lipinski definition) is 3. The zero-order valence-electron chi connectivity index (χ0n) is 14.7. The third-order valence-electron chi connectivity index (χ3n) is 3.93. The van der Waals surface area contributed by atoms with E-state index in [-0.39, 0.29) is 19.0 Å². The summed E-state index contributed by atoms with van der Waals surface area (Å²) in [6, 6.07) is 17.0. The molecule has 0 spiro atoms. The van der Waals surface area contributed by atoms with E-state index in [1.54, 1.807) is 12.1 Å². The highest BCUT2D eigenvalue weighted by atomic mass is 35.5. The molecule has 0 aromatic heterocycles. The van der Waals surface area contributed by atoms with Crippen LogP contribution in [0, 0.1) is 0 Å². The molecule has 5 nitrogen and oxygen atoms in total. The average molecular weight is 395 g/mol. The van der Waals surface area contributed by atoms with Crippen LogP contribution in [0.3, 0.4) is 0 Å². The maximum Gasteiger partial charge on any atom is 0.235 e. The maximum atomic E-state index is 12.1. The van der Waals surface area contributed by atoms with Crippen LogP contribution in [0.15, 0.2) is 54.6 Å². The van der Waals surface area contributed by atoms with Gasteiger partial charge in [0.25, 0.3) is 0 Å². The van der Waals surface area contributed by atoms with E-state index in [4.69, 9.17) is 11.6 Å². The first kappa shape index (κ1) is 20.4. The lowest BCUT2D eigenvalue weighted by Crippen LogP contribution is -2.41. The van der Waals surface area contributed by atoms with Crippen LogP contribution < -0.4 is 5.32 Å². The zero-order valence-corrected chi connectivity index (χ0v) is 16.3. The van der Waals surface area contributed by atoms with Gasteiger partial charge in [-0.15, -0.1) is 0 Å². The second kappa shape index (κ2) is 9.71. The van der Waals surface area contributed by atoms with Gasteiger partial charge >= 0.3 is 0 Å². The van der Waals surface area contributed by atoms with E-state index < -0.39 is 10.0 Å². The Morgan fingerprint density at radius 1 is 1.00 bits per heavy atom. The smallest absolute Gasteiger partial charge is 0.235 e. The fourth-order valence-electron chi connectivity index (χ4n) is 2.47. The van der Waals surface area contributed by atoms with Crippen molar-refractivity contribution in [1.29, 1.82) is 0 Å². The van der Waals surface area contributed by atoms with Crippen LogP contribution in [0.1, 0.15) is 11.1 Å². The predicted octanol–water partition coefficient (Wildman–Crippen LogP) is 2.50. The molecular formula is C19H23ClN2O3S. The molecule has 0 heterocycles. The van der Waals surface area contributed by atoms with Gasteiger partial charge in [-0.05, 0) is 36.1 Å². The number of amides is 1. The minimum atomic E-state index is -3.45. The van der Waals surface area contributed by atoms with Gasteiger partial charge in [0.05, 0.1) is 12.8 Å². The number of carbonyl (C=O) groups is 1. The topological polar surface area (TPSA) is 66.5 Å². The Morgan fingerprint density at radius 2 is 1.62 bits per heavy atom. The molecule has 26 heavy (non-hydrogen) atoms. The summed E-state index contributed by atoms with van der Waals surface area (Å²) in [5.74, 6) is -0.308. The lowest BCUT2D eigenvalue weighted by Gasteiger charge is -2.19. The largest absolute Gasteiger partial charge is 0.355 e. The Kier molecular flexibility index (Phi) is 7.63. The summed E-state index contributed by atoms with van der Waals surface area (Å²) in [4.78, 5) is 12.1. The molecule has 0 saturated heterocycles. The first-order chi connectivity index (χ1) is 12.3. The molecule has 1 amide bonds. The van der Waals surface area contributed by atoms with Crippen molar-refractivity contribution in [2.24, 2.45) is 0 Å². The van der Waals surface area contributed by atoms with Crippen molar-refractivity contribution in [2.75, 3.05) is 25.9 Å². The predicted molar refractivity (Wildman–Crippen MR) is 105 cm³/mol. The lowest BCUT2D eigenvalue weighted by atomic mass is 10.1. The molecule has 0 saturated carbocycles. The fraction of sp³-hybridized carbons (Fsp3) is 0.316. The Morgan fingerprint density at radius 3 is 2.23 bits per heavy atom. The number of sulfonamides is 1. The van der Waals surface area contributed by atoms with E-state index in [2.05, 4.69) is 5.32 Å². The monoisotopic (exact) mass is 394 g/mol. The summed E-state index contributed by atoms with van der Waals surface area (Å²) in [7, 11) is -3.45. The number of carbonyl (C=O) groups excluding carboxylic acids is 1. The van der Waals surface area contributed by atoms with E-state index in [1.165, 1.54) is 4.31 Å². The maximum absolute atomic E-state index is 12.1. The van der Waals surface area contributed by atoms with Crippen LogP contribution in [0.4, 0.5) is 0 Å². The first-order valence-corrected chi connectivity index (χ1v) is 10.6. The molecule has 0 bridgehead atoms. The van der Waals surface area contributed by atoms with Crippen LogP contribution in [-0.2, 0) is 27.7 Å². The molecule has 0 fully saturated rings. The molecule has 0 aliphatic heterocycles. The van der Waals surface area contributed by atoms with Gasteiger partial charge in [0.2, 0.25) is 15.9 Å². The van der Waals surface area contributed by atoms with Crippen molar-refractivity contribution in [3.63, 3.8) is 0 Å². The molecule has 2 aromatic rings. The Balaban J connectivity index is 1.83. The molecule has 140 valence electrons. The number of benzene rings is 2. The van der Waals surface area contributed by atoms with Crippen LogP contribution in [0.25, 0.3) is 0 Å². The highest BCUT2D eigenvalue weighted by Crippen LogP contribution is 2.09. The third kappa shape index (κ3) is 7.15. The summed E-state index contributed by atoms with van der Waals surface area (Å²) in [6.07, 6.45) is 2.34. The van der Waals surface area contributed by atoms with Gasteiger partial charge in [-0.2, -0.15) is 4.31 Å². The standard InChI is InChI=1S/C19H23ClN2O3S/c1-26(24,25)22(14-12-16-5-3-2-4-6-16)15-19(23)21-13-11-17-7-9-18(20)10-8-17/h2-10H,11-15H2,1H3,(H,21,23). The van der Waals surface area contributed by atoms with E-state index >= 15 is 0 Å². The highest BCUT2D eigenvalue weighted by Gasteiger charge is 2.19. The van der Waals surface area contributed by atoms with Crippen molar-refractivity contribution in [3.8, 4) is 0 Å². The summed E-state index contributed by atoms with van der Waals surface area (Å²) in [5.41, 5.74) is 2.09. The minimum absolute atomic E-state index is 0.174. The molecule has 2 rings (SSSR count). The summed E-state index contributed by atoms with van der Waals surface area (Å²) in [5, 5.41) is 3.44. The van der Waals surface area contributed by atoms with Gasteiger partial charge in [-0.3, -0.25) is 4.79 Å². The minimum Gasteiger partial charge on any atom is -0.355 e. The van der Waals surface area contributed by atoms with Crippen molar-refractivity contribution < 1.29 is 13.2 Å². The molecule has 0 aliphatic carbocycles. The van der Waals surface area contributed by atoms with Gasteiger partial charge in [0, 0.05) is 18.1 Å². The van der Waals surface area contributed by atoms with Gasteiger partial charge < -0.3 is 5.32 Å². The van der Waals surface area contributed by atoms with E-state index in [0.29, 0.717) is 24.4 Å².